The summed E-state index contributed by atoms with van der Waals surface area (Å²) in [5.74, 6) is 1.04. The Morgan fingerprint density at radius 2 is 2.25 bits per heavy atom. The van der Waals surface area contributed by atoms with Crippen molar-refractivity contribution in [1.29, 1.82) is 0 Å². The molecular formula is C11H14BrClN2S. The summed E-state index contributed by atoms with van der Waals surface area (Å²) in [5, 5.41) is 0.698. The summed E-state index contributed by atoms with van der Waals surface area (Å²) < 4.78 is 1.09. The van der Waals surface area contributed by atoms with Gasteiger partial charge in [-0.25, -0.2) is 0 Å². The van der Waals surface area contributed by atoms with E-state index in [-0.39, 0.29) is 17.9 Å². The van der Waals surface area contributed by atoms with Gasteiger partial charge in [0.15, 0.2) is 5.17 Å². The van der Waals surface area contributed by atoms with Crippen LogP contribution in [0.1, 0.15) is 18.9 Å². The van der Waals surface area contributed by atoms with Crippen LogP contribution in [0.3, 0.4) is 0 Å². The monoisotopic (exact) mass is 320 g/mol. The van der Waals surface area contributed by atoms with Gasteiger partial charge < -0.3 is 5.73 Å². The van der Waals surface area contributed by atoms with Crippen molar-refractivity contribution in [2.75, 3.05) is 5.75 Å². The largest absolute Gasteiger partial charge is 0.379 e. The van der Waals surface area contributed by atoms with Gasteiger partial charge in [0.25, 0.3) is 0 Å². The number of nitrogens with zero attached hydrogens (tertiary/aromatic N) is 1. The van der Waals surface area contributed by atoms with Crippen molar-refractivity contribution in [2.24, 2.45) is 10.7 Å². The Balaban J connectivity index is 0.00000128. The molecule has 0 unspecified atom stereocenters. The molecule has 0 radical (unpaired) electrons. The first kappa shape index (κ1) is 13.9. The Morgan fingerprint density at radius 1 is 1.50 bits per heavy atom. The first-order chi connectivity index (χ1) is 7.10. The number of halogens is 2. The molecule has 0 fully saturated rings. The first-order valence-electron chi connectivity index (χ1n) is 4.84. The number of nitrogens with two attached hydrogens (primary N) is 1. The van der Waals surface area contributed by atoms with Crippen LogP contribution in [-0.4, -0.2) is 10.9 Å². The van der Waals surface area contributed by atoms with Crippen LogP contribution >= 0.6 is 40.1 Å². The maximum atomic E-state index is 5.79. The molecule has 0 spiro atoms. The van der Waals surface area contributed by atoms with Gasteiger partial charge >= 0.3 is 0 Å². The highest BCUT2D eigenvalue weighted by molar-refractivity contribution is 9.10. The molecular weight excluding hydrogens is 308 g/mol. The van der Waals surface area contributed by atoms with Gasteiger partial charge in [0.2, 0.25) is 0 Å². The van der Waals surface area contributed by atoms with Gasteiger partial charge in [-0.2, -0.15) is 0 Å². The Hall–Kier alpha value is -0.190. The molecule has 5 heteroatoms. The number of thioether (sulfide) groups is 1. The average molecular weight is 322 g/mol. The number of hydrogen-bond donors (Lipinski definition) is 1. The van der Waals surface area contributed by atoms with E-state index in [9.17, 15) is 0 Å². The van der Waals surface area contributed by atoms with Gasteiger partial charge in [0.05, 0.1) is 5.54 Å². The Kier molecular flexibility index (Phi) is 4.71. The van der Waals surface area contributed by atoms with Crippen LogP contribution in [0.5, 0.6) is 0 Å². The quantitative estimate of drug-likeness (QED) is 0.859. The Morgan fingerprint density at radius 3 is 2.88 bits per heavy atom. The third-order valence-electron chi connectivity index (χ3n) is 2.64. The molecule has 0 saturated heterocycles. The Bertz CT molecular complexity index is 411. The second-order valence-electron chi connectivity index (χ2n) is 3.83. The molecule has 0 aromatic heterocycles. The van der Waals surface area contributed by atoms with Crippen LogP contribution in [0.25, 0.3) is 0 Å². The molecule has 0 bridgehead atoms. The number of benzene rings is 1. The number of aliphatic imine (C=N–C) groups is 1. The van der Waals surface area contributed by atoms with E-state index in [4.69, 9.17) is 5.73 Å². The lowest BCUT2D eigenvalue weighted by atomic mass is 9.90. The van der Waals surface area contributed by atoms with Gasteiger partial charge in [-0.3, -0.25) is 4.99 Å². The Labute approximate surface area is 115 Å². The fourth-order valence-electron chi connectivity index (χ4n) is 1.72. The van der Waals surface area contributed by atoms with E-state index < -0.39 is 0 Å². The smallest absolute Gasteiger partial charge is 0.154 e. The molecule has 2 rings (SSSR count). The normalized spacial score (nSPS) is 24.5. The van der Waals surface area contributed by atoms with Crippen LogP contribution in [0.4, 0.5) is 0 Å². The lowest BCUT2D eigenvalue weighted by molar-refractivity contribution is 0.482. The summed E-state index contributed by atoms with van der Waals surface area (Å²) >= 11 is 5.12. The molecule has 0 amide bonds. The summed E-state index contributed by atoms with van der Waals surface area (Å²) in [6, 6.07) is 8.29. The molecule has 1 atom stereocenters. The van der Waals surface area contributed by atoms with Crippen molar-refractivity contribution in [3.63, 3.8) is 0 Å². The fourth-order valence-corrected chi connectivity index (χ4v) is 3.09. The summed E-state index contributed by atoms with van der Waals surface area (Å²) in [6.07, 6.45) is 1.04. The predicted molar refractivity (Wildman–Crippen MR) is 77.4 cm³/mol. The van der Waals surface area contributed by atoms with E-state index >= 15 is 0 Å². The highest BCUT2D eigenvalue weighted by Crippen LogP contribution is 2.35. The minimum absolute atomic E-state index is 0. The van der Waals surface area contributed by atoms with Crippen molar-refractivity contribution in [2.45, 2.75) is 18.9 Å². The van der Waals surface area contributed by atoms with Crippen molar-refractivity contribution >= 4 is 45.3 Å². The van der Waals surface area contributed by atoms with Gasteiger partial charge in [-0.1, -0.05) is 39.8 Å². The van der Waals surface area contributed by atoms with Crippen LogP contribution < -0.4 is 5.73 Å². The molecule has 1 aliphatic rings. The molecule has 1 aromatic carbocycles. The highest BCUT2D eigenvalue weighted by Gasteiger charge is 2.29. The van der Waals surface area contributed by atoms with Gasteiger partial charge in [-0.15, -0.1) is 12.4 Å². The highest BCUT2D eigenvalue weighted by atomic mass is 79.9. The minimum Gasteiger partial charge on any atom is -0.379 e. The van der Waals surface area contributed by atoms with Crippen LogP contribution in [-0.2, 0) is 5.54 Å². The van der Waals surface area contributed by atoms with E-state index in [2.05, 4.69) is 40.0 Å². The SMILES string of the molecule is C[C@@]1(c2cccc(Br)c2)CCSC(N)=N1.Cl. The molecule has 1 aliphatic heterocycles. The van der Waals surface area contributed by atoms with Crippen molar-refractivity contribution < 1.29 is 0 Å². The number of rotatable bonds is 1. The number of hydrogen-bond acceptors (Lipinski definition) is 3. The molecule has 88 valence electrons. The average Bonchev–Trinajstić information content (AvgIpc) is 2.17. The first-order valence-corrected chi connectivity index (χ1v) is 6.62. The van der Waals surface area contributed by atoms with Gasteiger partial charge in [0, 0.05) is 10.2 Å². The maximum absolute atomic E-state index is 5.79. The second kappa shape index (κ2) is 5.43. The zero-order valence-electron chi connectivity index (χ0n) is 8.94. The molecule has 1 heterocycles. The summed E-state index contributed by atoms with van der Waals surface area (Å²) in [4.78, 5) is 4.56. The van der Waals surface area contributed by atoms with Crippen LogP contribution in [0.15, 0.2) is 33.7 Å². The van der Waals surface area contributed by atoms with Crippen LogP contribution in [0.2, 0.25) is 0 Å². The topological polar surface area (TPSA) is 38.4 Å². The van der Waals surface area contributed by atoms with Crippen molar-refractivity contribution in [3.8, 4) is 0 Å². The van der Waals surface area contributed by atoms with Crippen molar-refractivity contribution in [3.05, 3.63) is 34.3 Å². The lowest BCUT2D eigenvalue weighted by Gasteiger charge is -2.29. The molecule has 0 saturated carbocycles. The lowest BCUT2D eigenvalue weighted by Crippen LogP contribution is -2.28. The van der Waals surface area contributed by atoms with E-state index in [1.165, 1.54) is 5.56 Å². The maximum Gasteiger partial charge on any atom is 0.154 e. The molecule has 0 aliphatic carbocycles. The molecule has 2 N–H and O–H groups in total. The van der Waals surface area contributed by atoms with E-state index in [1.54, 1.807) is 11.8 Å². The van der Waals surface area contributed by atoms with Gasteiger partial charge in [-0.05, 0) is 31.0 Å². The standard InChI is InChI=1S/C11H13BrN2S.ClH/c1-11(5-6-15-10(13)14-11)8-3-2-4-9(12)7-8;/h2-4,7H,5-6H2,1H3,(H2,13,14);1H/t11-;/m0./s1. The second-order valence-corrected chi connectivity index (χ2v) is 5.86. The zero-order chi connectivity index (χ0) is 10.9. The van der Waals surface area contributed by atoms with Crippen molar-refractivity contribution in [1.82, 2.24) is 0 Å². The van der Waals surface area contributed by atoms with Crippen LogP contribution in [0, 0.1) is 0 Å². The molecule has 1 aromatic rings. The summed E-state index contributed by atoms with van der Waals surface area (Å²) in [7, 11) is 0. The minimum atomic E-state index is -0.154. The van der Waals surface area contributed by atoms with E-state index in [1.807, 2.05) is 12.1 Å². The third-order valence-corrected chi connectivity index (χ3v) is 3.93. The molecule has 16 heavy (non-hydrogen) atoms. The predicted octanol–water partition coefficient (Wildman–Crippen LogP) is 3.54. The zero-order valence-corrected chi connectivity index (χ0v) is 12.2. The third kappa shape index (κ3) is 2.93. The molecule has 2 nitrogen and oxygen atoms in total. The summed E-state index contributed by atoms with van der Waals surface area (Å²) in [5.41, 5.74) is 6.86. The number of amidine groups is 1. The fraction of sp³-hybridized carbons (Fsp3) is 0.364. The van der Waals surface area contributed by atoms with Gasteiger partial charge in [0.1, 0.15) is 0 Å². The van der Waals surface area contributed by atoms with E-state index in [0.29, 0.717) is 5.17 Å². The van der Waals surface area contributed by atoms with E-state index in [0.717, 1.165) is 16.6 Å². The summed E-state index contributed by atoms with van der Waals surface area (Å²) in [6.45, 7) is 2.14.